The van der Waals surface area contributed by atoms with Gasteiger partial charge in [-0.15, -0.1) is 0 Å². The summed E-state index contributed by atoms with van der Waals surface area (Å²) in [5.74, 6) is -0.927. The fourth-order valence-corrected chi connectivity index (χ4v) is 4.15. The van der Waals surface area contributed by atoms with Gasteiger partial charge in [-0.1, -0.05) is 89.3 Å². The first-order chi connectivity index (χ1) is 17.0. The fourth-order valence-electron chi connectivity index (χ4n) is 4.15. The molecule has 1 aromatic carbocycles. The molecule has 4 N–H and O–H groups in total. The highest BCUT2D eigenvalue weighted by Crippen LogP contribution is 2.19. The van der Waals surface area contributed by atoms with Crippen LogP contribution in [0.3, 0.4) is 0 Å². The number of hydrogen-bond donors (Lipinski definition) is 3. The number of aliphatic hydroxyl groups is 1. The van der Waals surface area contributed by atoms with Crippen molar-refractivity contribution in [2.75, 3.05) is 13.2 Å². The highest BCUT2D eigenvalue weighted by atomic mass is 16.6. The third-order valence-electron chi connectivity index (χ3n) is 6.26. The first-order valence-electron chi connectivity index (χ1n) is 13.3. The van der Waals surface area contributed by atoms with Crippen LogP contribution in [0.4, 0.5) is 0 Å². The van der Waals surface area contributed by atoms with E-state index in [2.05, 4.69) is 11.9 Å². The van der Waals surface area contributed by atoms with E-state index in [1.54, 1.807) is 0 Å². The average molecular weight is 489 g/mol. The van der Waals surface area contributed by atoms with E-state index in [1.165, 1.54) is 51.4 Å². The molecule has 0 saturated heterocycles. The Labute approximate surface area is 209 Å². The first-order valence-corrected chi connectivity index (χ1v) is 13.3. The maximum Gasteiger partial charge on any atom is 0.323 e. The molecule has 0 radical (unpaired) electrons. The molecule has 0 aliphatic heterocycles. The molecule has 0 fully saturated rings. The number of para-hydroxylation sites is 1. The second kappa shape index (κ2) is 17.1. The summed E-state index contributed by atoms with van der Waals surface area (Å²) in [4.78, 5) is 27.2. The zero-order chi connectivity index (χ0) is 25.3. The van der Waals surface area contributed by atoms with Crippen molar-refractivity contribution in [3.8, 4) is 0 Å². The van der Waals surface area contributed by atoms with Gasteiger partial charge in [0, 0.05) is 29.9 Å². The Hall–Kier alpha value is -2.38. The SMILES string of the molecule is CCCCCCCCCCCCCC(=O)OCC(O)COC(=O)[C@@H](N)Cc1c[nH]c2ccccc12. The highest BCUT2D eigenvalue weighted by molar-refractivity contribution is 5.84. The minimum absolute atomic E-state index is 0.193. The summed E-state index contributed by atoms with van der Waals surface area (Å²) >= 11 is 0. The number of carbonyl (C=O) groups excluding carboxylic acids is 2. The Morgan fingerprint density at radius 1 is 0.914 bits per heavy atom. The predicted octanol–water partition coefficient (Wildman–Crippen LogP) is 5.19. The second-order valence-corrected chi connectivity index (χ2v) is 9.42. The molecule has 2 aromatic rings. The summed E-state index contributed by atoms with van der Waals surface area (Å²) in [5.41, 5.74) is 7.90. The molecule has 35 heavy (non-hydrogen) atoms. The van der Waals surface area contributed by atoms with Crippen molar-refractivity contribution < 1.29 is 24.2 Å². The molecule has 2 atom stereocenters. The molecule has 0 aliphatic rings. The van der Waals surface area contributed by atoms with Crippen LogP contribution in [0.2, 0.25) is 0 Å². The molecular weight excluding hydrogens is 444 g/mol. The lowest BCUT2D eigenvalue weighted by Crippen LogP contribution is -2.36. The highest BCUT2D eigenvalue weighted by Gasteiger charge is 2.19. The number of unbranched alkanes of at least 4 members (excludes halogenated alkanes) is 10. The minimum Gasteiger partial charge on any atom is -0.463 e. The molecule has 0 spiro atoms. The number of ether oxygens (including phenoxy) is 2. The number of fused-ring (bicyclic) bond motifs is 1. The van der Waals surface area contributed by atoms with Gasteiger partial charge < -0.3 is 25.3 Å². The van der Waals surface area contributed by atoms with E-state index < -0.39 is 18.1 Å². The molecule has 0 bridgehead atoms. The van der Waals surface area contributed by atoms with Crippen molar-refractivity contribution in [2.24, 2.45) is 5.73 Å². The van der Waals surface area contributed by atoms with Gasteiger partial charge in [0.2, 0.25) is 0 Å². The van der Waals surface area contributed by atoms with Gasteiger partial charge in [-0.05, 0) is 18.1 Å². The molecular formula is C28H44N2O5. The van der Waals surface area contributed by atoms with Crippen LogP contribution < -0.4 is 5.73 Å². The molecule has 7 heteroatoms. The summed E-state index contributed by atoms with van der Waals surface area (Å²) in [7, 11) is 0. The lowest BCUT2D eigenvalue weighted by molar-refractivity contribution is -0.153. The molecule has 196 valence electrons. The standard InChI is InChI=1S/C28H44N2O5/c1-2-3-4-5-6-7-8-9-10-11-12-17-27(32)34-20-23(31)21-35-28(33)25(29)18-22-19-30-26-16-14-13-15-24(22)26/h13-16,19,23,25,30-31H,2-12,17-18,20-21,29H2,1H3/t23?,25-/m0/s1. The number of aromatic amines is 1. The molecule has 2 rings (SSSR count). The zero-order valence-corrected chi connectivity index (χ0v) is 21.3. The van der Waals surface area contributed by atoms with Crippen LogP contribution in [0.5, 0.6) is 0 Å². The van der Waals surface area contributed by atoms with E-state index in [9.17, 15) is 14.7 Å². The number of aromatic nitrogens is 1. The number of benzene rings is 1. The Bertz CT molecular complexity index is 866. The number of esters is 2. The Morgan fingerprint density at radius 3 is 2.20 bits per heavy atom. The maximum atomic E-state index is 12.2. The lowest BCUT2D eigenvalue weighted by Gasteiger charge is -2.15. The van der Waals surface area contributed by atoms with E-state index in [-0.39, 0.29) is 19.2 Å². The van der Waals surface area contributed by atoms with Crippen molar-refractivity contribution in [1.29, 1.82) is 0 Å². The van der Waals surface area contributed by atoms with Crippen LogP contribution in [0.15, 0.2) is 30.5 Å². The molecule has 0 saturated carbocycles. The molecule has 7 nitrogen and oxygen atoms in total. The summed E-state index contributed by atoms with van der Waals surface area (Å²) in [6, 6.07) is 6.94. The molecule has 1 aromatic heterocycles. The lowest BCUT2D eigenvalue weighted by atomic mass is 10.1. The number of H-pyrrole nitrogens is 1. The number of hydrogen-bond acceptors (Lipinski definition) is 6. The van der Waals surface area contributed by atoms with E-state index in [0.29, 0.717) is 12.8 Å². The topological polar surface area (TPSA) is 115 Å². The van der Waals surface area contributed by atoms with Gasteiger partial charge in [0.15, 0.2) is 0 Å². The summed E-state index contributed by atoms with van der Waals surface area (Å²) < 4.78 is 10.2. The van der Waals surface area contributed by atoms with Gasteiger partial charge in [-0.25, -0.2) is 0 Å². The molecule has 0 aliphatic carbocycles. The van der Waals surface area contributed by atoms with Gasteiger partial charge in [-0.3, -0.25) is 9.59 Å². The Balaban J connectivity index is 1.48. The summed E-state index contributed by atoms with van der Waals surface area (Å²) in [6.45, 7) is 1.79. The molecule has 0 amide bonds. The predicted molar refractivity (Wildman–Crippen MR) is 139 cm³/mol. The number of nitrogens with one attached hydrogen (secondary N) is 1. The normalized spacial score (nSPS) is 13.0. The van der Waals surface area contributed by atoms with Gasteiger partial charge >= 0.3 is 11.9 Å². The third kappa shape index (κ3) is 11.7. The van der Waals surface area contributed by atoms with Crippen molar-refractivity contribution >= 4 is 22.8 Å². The van der Waals surface area contributed by atoms with E-state index >= 15 is 0 Å². The number of nitrogens with two attached hydrogens (primary N) is 1. The molecule has 1 unspecified atom stereocenters. The number of aliphatic hydroxyl groups excluding tert-OH is 1. The smallest absolute Gasteiger partial charge is 0.323 e. The number of rotatable bonds is 19. The van der Waals surface area contributed by atoms with Crippen molar-refractivity contribution in [3.05, 3.63) is 36.0 Å². The van der Waals surface area contributed by atoms with E-state index in [0.717, 1.165) is 35.7 Å². The average Bonchev–Trinajstić information content (AvgIpc) is 3.27. The monoisotopic (exact) mass is 488 g/mol. The Kier molecular flexibility index (Phi) is 14.1. The van der Waals surface area contributed by atoms with Gasteiger partial charge in [-0.2, -0.15) is 0 Å². The largest absolute Gasteiger partial charge is 0.463 e. The fraction of sp³-hybridized carbons (Fsp3) is 0.643. The molecule has 1 heterocycles. The Morgan fingerprint density at radius 2 is 1.51 bits per heavy atom. The van der Waals surface area contributed by atoms with Crippen LogP contribution in [-0.2, 0) is 25.5 Å². The number of carbonyl (C=O) groups is 2. The third-order valence-corrected chi connectivity index (χ3v) is 6.26. The van der Waals surface area contributed by atoms with Gasteiger partial charge in [0.05, 0.1) is 0 Å². The van der Waals surface area contributed by atoms with Crippen LogP contribution in [0.25, 0.3) is 10.9 Å². The van der Waals surface area contributed by atoms with Crippen LogP contribution in [-0.4, -0.2) is 47.4 Å². The summed E-state index contributed by atoms with van der Waals surface area (Å²) in [6.07, 6.45) is 14.9. The first kappa shape index (κ1) is 28.9. The van der Waals surface area contributed by atoms with Gasteiger partial charge in [0.25, 0.3) is 0 Å². The zero-order valence-electron chi connectivity index (χ0n) is 21.3. The van der Waals surface area contributed by atoms with Crippen molar-refractivity contribution in [1.82, 2.24) is 4.98 Å². The van der Waals surface area contributed by atoms with Crippen LogP contribution >= 0.6 is 0 Å². The quantitative estimate of drug-likeness (QED) is 0.185. The minimum atomic E-state index is -1.07. The van der Waals surface area contributed by atoms with Crippen molar-refractivity contribution in [2.45, 2.75) is 103 Å². The van der Waals surface area contributed by atoms with Gasteiger partial charge in [0.1, 0.15) is 25.4 Å². The second-order valence-electron chi connectivity index (χ2n) is 9.42. The van der Waals surface area contributed by atoms with Crippen LogP contribution in [0, 0.1) is 0 Å². The summed E-state index contributed by atoms with van der Waals surface area (Å²) in [5, 5.41) is 11.0. The van der Waals surface area contributed by atoms with Crippen LogP contribution in [0.1, 0.15) is 89.5 Å². The van der Waals surface area contributed by atoms with Crippen molar-refractivity contribution in [3.63, 3.8) is 0 Å². The maximum absolute atomic E-state index is 12.2. The van der Waals surface area contributed by atoms with E-state index in [4.69, 9.17) is 15.2 Å². The van der Waals surface area contributed by atoms with E-state index in [1.807, 2.05) is 30.5 Å².